The van der Waals surface area contributed by atoms with Gasteiger partial charge in [0, 0.05) is 49.5 Å². The van der Waals surface area contributed by atoms with Crippen LogP contribution in [0.3, 0.4) is 0 Å². The smallest absolute Gasteiger partial charge is 0.238 e. The highest BCUT2D eigenvalue weighted by molar-refractivity contribution is 6.30. The van der Waals surface area contributed by atoms with Gasteiger partial charge < -0.3 is 10.2 Å². The lowest BCUT2D eigenvalue weighted by Gasteiger charge is -2.37. The number of hydrogen-bond donors (Lipinski definition) is 1. The van der Waals surface area contributed by atoms with Crippen LogP contribution < -0.4 is 5.32 Å². The first kappa shape index (κ1) is 20.1. The molecule has 2 saturated heterocycles. The number of piperidine rings is 1. The number of halogens is 1. The summed E-state index contributed by atoms with van der Waals surface area (Å²) in [4.78, 5) is 31.1. The van der Waals surface area contributed by atoms with Gasteiger partial charge in [0.2, 0.25) is 11.8 Å². The van der Waals surface area contributed by atoms with E-state index in [1.165, 1.54) is 6.42 Å². The second-order valence-corrected chi connectivity index (χ2v) is 7.98. The highest BCUT2D eigenvalue weighted by Crippen LogP contribution is 2.17. The number of carbonyl (C=O) groups excluding carboxylic acids is 2. The quantitative estimate of drug-likeness (QED) is 0.835. The van der Waals surface area contributed by atoms with E-state index in [1.54, 1.807) is 24.3 Å². The van der Waals surface area contributed by atoms with Crippen LogP contribution in [-0.4, -0.2) is 78.4 Å². The van der Waals surface area contributed by atoms with Crippen LogP contribution in [0.1, 0.15) is 26.2 Å². The second kappa shape index (κ2) is 9.53. The van der Waals surface area contributed by atoms with Crippen molar-refractivity contribution in [3.8, 4) is 0 Å². The minimum absolute atomic E-state index is 0.0241. The number of piperazine rings is 1. The van der Waals surface area contributed by atoms with Crippen LogP contribution in [0.4, 0.5) is 5.69 Å². The van der Waals surface area contributed by atoms with E-state index in [1.807, 2.05) is 4.90 Å². The number of benzene rings is 1. The Kier molecular flexibility index (Phi) is 7.10. The van der Waals surface area contributed by atoms with Gasteiger partial charge in [-0.2, -0.15) is 0 Å². The molecule has 148 valence electrons. The summed E-state index contributed by atoms with van der Waals surface area (Å²) < 4.78 is 0. The molecule has 27 heavy (non-hydrogen) atoms. The average molecular weight is 393 g/mol. The van der Waals surface area contributed by atoms with E-state index in [-0.39, 0.29) is 11.8 Å². The van der Waals surface area contributed by atoms with Gasteiger partial charge in [-0.15, -0.1) is 0 Å². The van der Waals surface area contributed by atoms with Crippen molar-refractivity contribution in [3.05, 3.63) is 29.3 Å². The third kappa shape index (κ3) is 5.92. The lowest BCUT2D eigenvalue weighted by atomic mass is 10.0. The topological polar surface area (TPSA) is 55.9 Å². The Morgan fingerprint density at radius 3 is 2.26 bits per heavy atom. The Balaban J connectivity index is 1.38. The fourth-order valence-corrected chi connectivity index (χ4v) is 3.92. The number of rotatable bonds is 5. The Hall–Kier alpha value is -1.63. The van der Waals surface area contributed by atoms with Gasteiger partial charge >= 0.3 is 0 Å². The number of amides is 2. The molecule has 2 aliphatic heterocycles. The van der Waals surface area contributed by atoms with E-state index >= 15 is 0 Å². The Morgan fingerprint density at radius 1 is 1.00 bits per heavy atom. The van der Waals surface area contributed by atoms with E-state index in [2.05, 4.69) is 22.0 Å². The van der Waals surface area contributed by atoms with Crippen molar-refractivity contribution >= 4 is 29.1 Å². The minimum Gasteiger partial charge on any atom is -0.339 e. The molecule has 2 heterocycles. The predicted octanol–water partition coefficient (Wildman–Crippen LogP) is 2.30. The maximum atomic E-state index is 12.6. The van der Waals surface area contributed by atoms with Crippen LogP contribution in [0.25, 0.3) is 0 Å². The predicted molar refractivity (Wildman–Crippen MR) is 108 cm³/mol. The first-order chi connectivity index (χ1) is 13.0. The lowest BCUT2D eigenvalue weighted by molar-refractivity contribution is -0.136. The van der Waals surface area contributed by atoms with Crippen molar-refractivity contribution in [1.82, 2.24) is 14.7 Å². The average Bonchev–Trinajstić information content (AvgIpc) is 2.65. The van der Waals surface area contributed by atoms with Crippen molar-refractivity contribution in [2.75, 3.05) is 51.1 Å². The summed E-state index contributed by atoms with van der Waals surface area (Å²) in [5, 5.41) is 3.54. The zero-order valence-electron chi connectivity index (χ0n) is 16.0. The number of anilines is 1. The molecular formula is C20H29ClN4O2. The number of hydrogen-bond acceptors (Lipinski definition) is 4. The molecule has 7 heteroatoms. The first-order valence-corrected chi connectivity index (χ1v) is 10.2. The van der Waals surface area contributed by atoms with E-state index in [0.29, 0.717) is 24.2 Å². The summed E-state index contributed by atoms with van der Waals surface area (Å²) in [5.74, 6) is 0.222. The maximum Gasteiger partial charge on any atom is 0.238 e. The number of nitrogens with zero attached hydrogens (tertiary/aromatic N) is 3. The van der Waals surface area contributed by atoms with Gasteiger partial charge in [0.1, 0.15) is 0 Å². The normalized spacial score (nSPS) is 21.9. The molecule has 0 bridgehead atoms. The summed E-state index contributed by atoms with van der Waals surface area (Å²) in [7, 11) is 0. The van der Waals surface area contributed by atoms with Crippen LogP contribution in [0.5, 0.6) is 0 Å². The van der Waals surface area contributed by atoms with E-state index in [0.717, 1.165) is 51.3 Å². The van der Waals surface area contributed by atoms with Gasteiger partial charge in [0.05, 0.1) is 13.1 Å². The van der Waals surface area contributed by atoms with Crippen molar-refractivity contribution in [2.45, 2.75) is 32.2 Å². The lowest BCUT2D eigenvalue weighted by Crippen LogP contribution is -2.53. The summed E-state index contributed by atoms with van der Waals surface area (Å²) in [6.45, 7) is 7.15. The van der Waals surface area contributed by atoms with Gasteiger partial charge in [-0.25, -0.2) is 0 Å². The Bertz CT molecular complexity index is 644. The Labute approximate surface area is 166 Å². The molecule has 2 fully saturated rings. The molecule has 0 aliphatic carbocycles. The minimum atomic E-state index is -0.0241. The molecule has 3 rings (SSSR count). The SMILES string of the molecule is CC1CCCCN1C(=O)CN1CCN(CC(=O)Nc2ccc(Cl)cc2)CC1. The molecule has 1 N–H and O–H groups in total. The fourth-order valence-electron chi connectivity index (χ4n) is 3.79. The van der Waals surface area contributed by atoms with Gasteiger partial charge in [0.25, 0.3) is 0 Å². The zero-order valence-corrected chi connectivity index (χ0v) is 16.7. The van der Waals surface area contributed by atoms with Crippen molar-refractivity contribution in [2.24, 2.45) is 0 Å². The van der Waals surface area contributed by atoms with E-state index in [4.69, 9.17) is 11.6 Å². The third-order valence-corrected chi connectivity index (χ3v) is 5.69. The standard InChI is InChI=1S/C20H29ClN4O2/c1-16-4-2-3-9-25(16)20(27)15-24-12-10-23(11-13-24)14-19(26)22-18-7-5-17(21)6-8-18/h5-8,16H,2-4,9-15H2,1H3,(H,22,26). The summed E-state index contributed by atoms with van der Waals surface area (Å²) in [6, 6.07) is 7.48. The van der Waals surface area contributed by atoms with Crippen LogP contribution in [0, 0.1) is 0 Å². The molecule has 1 unspecified atom stereocenters. The van der Waals surface area contributed by atoms with Crippen molar-refractivity contribution < 1.29 is 9.59 Å². The summed E-state index contributed by atoms with van der Waals surface area (Å²) in [5.41, 5.74) is 0.754. The monoisotopic (exact) mass is 392 g/mol. The largest absolute Gasteiger partial charge is 0.339 e. The molecular weight excluding hydrogens is 364 g/mol. The molecule has 2 aliphatic rings. The highest BCUT2D eigenvalue weighted by Gasteiger charge is 2.26. The van der Waals surface area contributed by atoms with Crippen LogP contribution in [-0.2, 0) is 9.59 Å². The van der Waals surface area contributed by atoms with Gasteiger partial charge in [-0.3, -0.25) is 19.4 Å². The molecule has 6 nitrogen and oxygen atoms in total. The van der Waals surface area contributed by atoms with Crippen LogP contribution in [0.15, 0.2) is 24.3 Å². The third-order valence-electron chi connectivity index (χ3n) is 5.44. The van der Waals surface area contributed by atoms with Gasteiger partial charge in [-0.1, -0.05) is 11.6 Å². The van der Waals surface area contributed by atoms with Gasteiger partial charge in [0.15, 0.2) is 0 Å². The molecule has 0 radical (unpaired) electrons. The van der Waals surface area contributed by atoms with E-state index in [9.17, 15) is 9.59 Å². The van der Waals surface area contributed by atoms with Crippen molar-refractivity contribution in [1.29, 1.82) is 0 Å². The second-order valence-electron chi connectivity index (χ2n) is 7.54. The molecule has 0 aromatic heterocycles. The maximum absolute atomic E-state index is 12.6. The zero-order chi connectivity index (χ0) is 19.2. The Morgan fingerprint density at radius 2 is 1.63 bits per heavy atom. The van der Waals surface area contributed by atoms with Crippen LogP contribution in [0.2, 0.25) is 5.02 Å². The first-order valence-electron chi connectivity index (χ1n) is 9.81. The molecule has 1 aromatic rings. The number of carbonyl (C=O) groups is 2. The molecule has 0 spiro atoms. The highest BCUT2D eigenvalue weighted by atomic mass is 35.5. The fraction of sp³-hybridized carbons (Fsp3) is 0.600. The summed E-state index contributed by atoms with van der Waals surface area (Å²) >= 11 is 5.86. The van der Waals surface area contributed by atoms with Crippen LogP contribution >= 0.6 is 11.6 Å². The molecule has 1 aromatic carbocycles. The van der Waals surface area contributed by atoms with Gasteiger partial charge in [-0.05, 0) is 50.5 Å². The molecule has 2 amide bonds. The van der Waals surface area contributed by atoms with Crippen molar-refractivity contribution in [3.63, 3.8) is 0 Å². The molecule has 1 atom stereocenters. The summed E-state index contributed by atoms with van der Waals surface area (Å²) in [6.07, 6.45) is 3.45. The number of nitrogens with one attached hydrogen (secondary N) is 1. The number of likely N-dealkylation sites (tertiary alicyclic amines) is 1. The van der Waals surface area contributed by atoms with E-state index < -0.39 is 0 Å². The molecule has 0 saturated carbocycles.